The number of halogens is 1. The zero-order valence-corrected chi connectivity index (χ0v) is 7.56. The average Bonchev–Trinajstić information content (AvgIpc) is 1.91. The van der Waals surface area contributed by atoms with Gasteiger partial charge in [-0.05, 0) is 12.8 Å². The molecule has 0 aromatic carbocycles. The summed E-state index contributed by atoms with van der Waals surface area (Å²) < 4.78 is 13.2. The van der Waals surface area contributed by atoms with E-state index in [1.165, 1.54) is 32.1 Å². The lowest BCUT2D eigenvalue weighted by Crippen LogP contribution is -2.23. The second-order valence-electron chi connectivity index (χ2n) is 2.52. The molecule has 0 saturated heterocycles. The maximum atomic E-state index is 10.2. The van der Waals surface area contributed by atoms with Crippen molar-refractivity contribution < 1.29 is 3.07 Å². The normalized spacial score (nSPS) is 22.2. The Bertz CT molecular complexity index is 91.1. The summed E-state index contributed by atoms with van der Waals surface area (Å²) in [6, 6.07) is 0.587. The van der Waals surface area contributed by atoms with E-state index in [1.54, 1.807) is 0 Å². The molecule has 1 fully saturated rings. The van der Waals surface area contributed by atoms with Gasteiger partial charge in [0, 0.05) is 6.04 Å². The van der Waals surface area contributed by atoms with E-state index in [1.807, 2.05) is 0 Å². The van der Waals surface area contributed by atoms with Gasteiger partial charge < -0.3 is 0 Å². The summed E-state index contributed by atoms with van der Waals surface area (Å²) in [5.41, 5.74) is 0. The monoisotopic (exact) mass is 241 g/mol. The Morgan fingerprint density at radius 3 is 2.44 bits per heavy atom. The van der Waals surface area contributed by atoms with Crippen LogP contribution in [0.3, 0.4) is 0 Å². The van der Waals surface area contributed by atoms with Crippen LogP contribution in [0.1, 0.15) is 32.1 Å². The number of nitrogens with one attached hydrogen (secondary N) is 1. The van der Waals surface area contributed by atoms with Gasteiger partial charge in [0.2, 0.25) is 21.5 Å². The summed E-state index contributed by atoms with van der Waals surface area (Å²) in [4.78, 5) is 0. The fraction of sp³-hybridized carbons (Fsp3) is 1.00. The van der Waals surface area contributed by atoms with Crippen molar-refractivity contribution in [1.82, 2.24) is 3.53 Å². The Morgan fingerprint density at radius 2 is 1.89 bits per heavy atom. The highest BCUT2D eigenvalue weighted by Crippen LogP contribution is 2.18. The van der Waals surface area contributed by atoms with Gasteiger partial charge in [0.1, 0.15) is 0 Å². The molecule has 0 atom stereocenters. The quantitative estimate of drug-likeness (QED) is 0.592. The van der Waals surface area contributed by atoms with Crippen molar-refractivity contribution in [3.8, 4) is 0 Å². The predicted molar refractivity (Wildman–Crippen MR) is 44.7 cm³/mol. The first-order chi connectivity index (χ1) is 4.43. The molecule has 0 aliphatic heterocycles. The molecule has 1 aliphatic rings. The molecule has 0 amide bonds. The van der Waals surface area contributed by atoms with Gasteiger partial charge in [-0.15, -0.1) is 0 Å². The van der Waals surface area contributed by atoms with Crippen molar-refractivity contribution in [3.63, 3.8) is 0 Å². The van der Waals surface area contributed by atoms with E-state index in [4.69, 9.17) is 0 Å². The molecule has 0 unspecified atom stereocenters. The molecule has 54 valence electrons. The Hall–Kier alpha value is 0.490. The van der Waals surface area contributed by atoms with Crippen LogP contribution in [-0.4, -0.2) is 6.04 Å². The fourth-order valence-corrected chi connectivity index (χ4v) is 2.26. The topological polar surface area (TPSA) is 29.1 Å². The van der Waals surface area contributed by atoms with E-state index in [2.05, 4.69) is 3.53 Å². The second-order valence-corrected chi connectivity index (χ2v) is 3.58. The highest BCUT2D eigenvalue weighted by atomic mass is 127. The molecule has 1 aliphatic carbocycles. The van der Waals surface area contributed by atoms with Gasteiger partial charge in [-0.1, -0.05) is 19.3 Å². The van der Waals surface area contributed by atoms with Crippen molar-refractivity contribution in [2.75, 3.05) is 0 Å². The third-order valence-electron chi connectivity index (χ3n) is 1.80. The molecule has 3 heteroatoms. The van der Waals surface area contributed by atoms with Crippen LogP contribution >= 0.6 is 21.5 Å². The molecule has 0 heterocycles. The molecule has 0 spiro atoms. The van der Waals surface area contributed by atoms with Crippen LogP contribution in [0, 0.1) is 0 Å². The van der Waals surface area contributed by atoms with E-state index in [9.17, 15) is 3.07 Å². The Balaban J connectivity index is 2.15. The maximum Gasteiger partial charge on any atom is 0.237 e. The molecule has 2 nitrogen and oxygen atoms in total. The summed E-state index contributed by atoms with van der Waals surface area (Å²) in [5.74, 6) is 0. The molecule has 0 aromatic heterocycles. The van der Waals surface area contributed by atoms with Crippen molar-refractivity contribution in [3.05, 3.63) is 0 Å². The molecule has 1 rings (SSSR count). The minimum absolute atomic E-state index is 0.587. The summed E-state index contributed by atoms with van der Waals surface area (Å²) in [5, 5.41) is 0. The van der Waals surface area contributed by atoms with Crippen LogP contribution < -0.4 is 3.53 Å². The minimum Gasteiger partial charge on any atom is -0.252 e. The van der Waals surface area contributed by atoms with Crippen LogP contribution in [0.2, 0.25) is 0 Å². The van der Waals surface area contributed by atoms with Crippen molar-refractivity contribution >= 4 is 21.5 Å². The third kappa shape index (κ3) is 2.71. The van der Waals surface area contributed by atoms with E-state index < -0.39 is 21.5 Å². The Labute approximate surface area is 66.4 Å². The first-order valence-corrected chi connectivity index (χ1v) is 5.41. The summed E-state index contributed by atoms with van der Waals surface area (Å²) in [6.45, 7) is 0. The SMILES string of the molecule is O=INC1CCCCC1. The van der Waals surface area contributed by atoms with E-state index in [-0.39, 0.29) is 0 Å². The van der Waals surface area contributed by atoms with Gasteiger partial charge in [-0.2, -0.15) is 0 Å². The van der Waals surface area contributed by atoms with Crippen LogP contribution in [-0.2, 0) is 3.07 Å². The molecule has 1 N–H and O–H groups in total. The van der Waals surface area contributed by atoms with Crippen molar-refractivity contribution in [2.24, 2.45) is 0 Å². The smallest absolute Gasteiger partial charge is 0.237 e. The molecule has 0 radical (unpaired) electrons. The van der Waals surface area contributed by atoms with Crippen LogP contribution in [0.5, 0.6) is 0 Å². The summed E-state index contributed by atoms with van der Waals surface area (Å²) >= 11 is -0.918. The first kappa shape index (κ1) is 7.60. The van der Waals surface area contributed by atoms with Gasteiger partial charge in [-0.3, -0.25) is 3.07 Å². The van der Waals surface area contributed by atoms with Crippen LogP contribution in [0.4, 0.5) is 0 Å². The van der Waals surface area contributed by atoms with Crippen molar-refractivity contribution in [1.29, 1.82) is 0 Å². The van der Waals surface area contributed by atoms with Gasteiger partial charge in [-0.25, -0.2) is 3.53 Å². The van der Waals surface area contributed by atoms with Crippen molar-refractivity contribution in [2.45, 2.75) is 38.1 Å². The summed E-state index contributed by atoms with van der Waals surface area (Å²) in [6.07, 6.45) is 6.49. The average molecular weight is 241 g/mol. The van der Waals surface area contributed by atoms with E-state index in [0.717, 1.165) is 0 Å². The standard InChI is InChI=1S/C6H12INO/c9-7-8-6-4-2-1-3-5-6/h6H,1-5H2,(H,8,9). The molecule has 0 aromatic rings. The van der Waals surface area contributed by atoms with Crippen LogP contribution in [0.15, 0.2) is 0 Å². The predicted octanol–water partition coefficient (Wildman–Crippen LogP) is 2.14. The molecule has 1 saturated carbocycles. The van der Waals surface area contributed by atoms with E-state index in [0.29, 0.717) is 6.04 Å². The fourth-order valence-electron chi connectivity index (χ4n) is 1.27. The maximum absolute atomic E-state index is 10.2. The van der Waals surface area contributed by atoms with Gasteiger partial charge in [0.25, 0.3) is 0 Å². The Morgan fingerprint density at radius 1 is 1.22 bits per heavy atom. The first-order valence-electron chi connectivity index (χ1n) is 3.45. The molecule has 0 bridgehead atoms. The molecule has 9 heavy (non-hydrogen) atoms. The zero-order chi connectivity index (χ0) is 6.53. The van der Waals surface area contributed by atoms with Gasteiger partial charge in [0.05, 0.1) is 0 Å². The van der Waals surface area contributed by atoms with Gasteiger partial charge >= 0.3 is 0 Å². The number of hydrogen-bond donors (Lipinski definition) is 1. The highest BCUT2D eigenvalue weighted by molar-refractivity contribution is 14.1. The lowest BCUT2D eigenvalue weighted by molar-refractivity contribution is 0.429. The highest BCUT2D eigenvalue weighted by Gasteiger charge is 2.11. The zero-order valence-electron chi connectivity index (χ0n) is 5.40. The third-order valence-corrected chi connectivity index (χ3v) is 2.94. The lowest BCUT2D eigenvalue weighted by Gasteiger charge is -2.18. The van der Waals surface area contributed by atoms with Gasteiger partial charge in [0.15, 0.2) is 0 Å². The van der Waals surface area contributed by atoms with Crippen LogP contribution in [0.25, 0.3) is 0 Å². The summed E-state index contributed by atoms with van der Waals surface area (Å²) in [7, 11) is 0. The van der Waals surface area contributed by atoms with E-state index >= 15 is 0 Å². The minimum atomic E-state index is -0.918. The number of rotatable bonds is 2. The lowest BCUT2D eigenvalue weighted by atomic mass is 9.97. The Kier molecular flexibility index (Phi) is 3.65. The molecular weight excluding hydrogens is 229 g/mol. The number of hydrogen-bond acceptors (Lipinski definition) is 1. The second kappa shape index (κ2) is 4.33. The largest absolute Gasteiger partial charge is 0.252 e. The molecular formula is C6H12INO.